The summed E-state index contributed by atoms with van der Waals surface area (Å²) in [6.07, 6.45) is -0.199. The molecule has 23 heavy (non-hydrogen) atoms. The summed E-state index contributed by atoms with van der Waals surface area (Å²) < 4.78 is 31.8. The lowest BCUT2D eigenvalue weighted by Crippen LogP contribution is -2.56. The summed E-state index contributed by atoms with van der Waals surface area (Å²) >= 11 is 0. The predicted molar refractivity (Wildman–Crippen MR) is 89.1 cm³/mol. The van der Waals surface area contributed by atoms with Gasteiger partial charge >= 0.3 is 0 Å². The molecule has 1 aliphatic rings. The van der Waals surface area contributed by atoms with Gasteiger partial charge in [-0.05, 0) is 19.1 Å². The molecule has 1 saturated heterocycles. The number of halogens is 1. The van der Waals surface area contributed by atoms with Crippen LogP contribution in [0.15, 0.2) is 35.2 Å². The first-order valence-electron chi connectivity index (χ1n) is 7.18. The minimum atomic E-state index is -3.54. The number of sulfonamides is 1. The Hall–Kier alpha value is -1.19. The van der Waals surface area contributed by atoms with Gasteiger partial charge in [-0.3, -0.25) is 4.79 Å². The van der Waals surface area contributed by atoms with E-state index in [1.165, 1.54) is 12.1 Å². The molecule has 0 spiro atoms. The van der Waals surface area contributed by atoms with Crippen molar-refractivity contribution in [3.8, 4) is 0 Å². The first kappa shape index (κ1) is 19.9. The Kier molecular flexibility index (Phi) is 7.93. The molecular weight excluding hydrogens is 342 g/mol. The van der Waals surface area contributed by atoms with Crippen molar-refractivity contribution >= 4 is 28.3 Å². The zero-order chi connectivity index (χ0) is 16.0. The summed E-state index contributed by atoms with van der Waals surface area (Å²) in [4.78, 5) is 12.2. The van der Waals surface area contributed by atoms with Crippen LogP contribution >= 0.6 is 12.4 Å². The van der Waals surface area contributed by atoms with E-state index < -0.39 is 16.1 Å². The maximum absolute atomic E-state index is 12.0. The molecule has 0 saturated carbocycles. The molecule has 0 aliphatic carbocycles. The van der Waals surface area contributed by atoms with Crippen LogP contribution in [0.5, 0.6) is 0 Å². The van der Waals surface area contributed by atoms with Crippen LogP contribution < -0.4 is 15.4 Å². The Morgan fingerprint density at radius 3 is 2.65 bits per heavy atom. The highest BCUT2D eigenvalue weighted by Gasteiger charge is 2.27. The predicted octanol–water partition coefficient (Wildman–Crippen LogP) is -0.120. The van der Waals surface area contributed by atoms with Crippen LogP contribution in [0.1, 0.15) is 6.92 Å². The van der Waals surface area contributed by atoms with Crippen LogP contribution in [0, 0.1) is 0 Å². The summed E-state index contributed by atoms with van der Waals surface area (Å²) in [5.41, 5.74) is 0. The van der Waals surface area contributed by atoms with Gasteiger partial charge in [0.15, 0.2) is 0 Å². The molecule has 0 unspecified atom stereocenters. The fourth-order valence-corrected chi connectivity index (χ4v) is 3.24. The normalized spacial score (nSPS) is 21.3. The highest BCUT2D eigenvalue weighted by molar-refractivity contribution is 7.89. The topological polar surface area (TPSA) is 96.5 Å². The van der Waals surface area contributed by atoms with Crippen molar-refractivity contribution in [2.75, 3.05) is 26.2 Å². The minimum Gasteiger partial charge on any atom is -0.375 e. The van der Waals surface area contributed by atoms with Crippen molar-refractivity contribution in [2.45, 2.75) is 24.0 Å². The van der Waals surface area contributed by atoms with Gasteiger partial charge in [-0.1, -0.05) is 18.2 Å². The molecule has 1 aromatic rings. The van der Waals surface area contributed by atoms with Gasteiger partial charge in [0.25, 0.3) is 0 Å². The van der Waals surface area contributed by atoms with Gasteiger partial charge < -0.3 is 15.4 Å². The van der Waals surface area contributed by atoms with E-state index in [4.69, 9.17) is 4.74 Å². The Morgan fingerprint density at radius 2 is 2.00 bits per heavy atom. The van der Waals surface area contributed by atoms with E-state index >= 15 is 0 Å². The van der Waals surface area contributed by atoms with Crippen LogP contribution in [0.2, 0.25) is 0 Å². The molecular formula is C14H22ClN3O4S. The van der Waals surface area contributed by atoms with E-state index in [0.717, 1.165) is 0 Å². The molecule has 2 atom stereocenters. The molecule has 7 nitrogen and oxygen atoms in total. The first-order valence-corrected chi connectivity index (χ1v) is 8.66. The molecule has 1 aromatic carbocycles. The second-order valence-electron chi connectivity index (χ2n) is 5.01. The highest BCUT2D eigenvalue weighted by Crippen LogP contribution is 2.06. The summed E-state index contributed by atoms with van der Waals surface area (Å²) in [5.74, 6) is -0.189. The summed E-state index contributed by atoms with van der Waals surface area (Å²) in [5, 5.41) is 5.77. The number of amides is 1. The first-order chi connectivity index (χ1) is 10.5. The minimum absolute atomic E-state index is 0. The Bertz CT molecular complexity index is 597. The van der Waals surface area contributed by atoms with Crippen LogP contribution in [0.3, 0.4) is 0 Å². The number of carbonyl (C=O) groups is 1. The third-order valence-corrected chi connectivity index (χ3v) is 4.85. The number of rotatable bonds is 6. The molecule has 0 aromatic heterocycles. The molecule has 1 amide bonds. The lowest BCUT2D eigenvalue weighted by Gasteiger charge is -2.29. The fourth-order valence-electron chi connectivity index (χ4n) is 2.19. The molecule has 130 valence electrons. The third-order valence-electron chi connectivity index (χ3n) is 3.37. The maximum atomic E-state index is 12.0. The molecule has 9 heteroatoms. The quantitative estimate of drug-likeness (QED) is 0.612. The number of hydrogen-bond acceptors (Lipinski definition) is 5. The second kappa shape index (κ2) is 9.19. The van der Waals surface area contributed by atoms with E-state index in [-0.39, 0.29) is 42.4 Å². The molecule has 0 bridgehead atoms. The van der Waals surface area contributed by atoms with Gasteiger partial charge in [0.1, 0.15) is 6.04 Å². The summed E-state index contributed by atoms with van der Waals surface area (Å²) in [6, 6.07) is 7.70. The van der Waals surface area contributed by atoms with Crippen LogP contribution in [-0.4, -0.2) is 52.7 Å². The van der Waals surface area contributed by atoms with Gasteiger partial charge in [0.2, 0.25) is 15.9 Å². The van der Waals surface area contributed by atoms with Crippen LogP contribution in [-0.2, 0) is 19.6 Å². The third kappa shape index (κ3) is 5.74. The van der Waals surface area contributed by atoms with Crippen molar-refractivity contribution in [1.82, 2.24) is 15.4 Å². The Morgan fingerprint density at radius 1 is 1.30 bits per heavy atom. The zero-order valence-corrected chi connectivity index (χ0v) is 14.5. The number of carbonyl (C=O) groups excluding carboxylic acids is 1. The summed E-state index contributed by atoms with van der Waals surface area (Å²) in [6.45, 7) is 3.39. The smallest absolute Gasteiger partial charge is 0.240 e. The number of ether oxygens (including phenoxy) is 1. The van der Waals surface area contributed by atoms with Gasteiger partial charge in [-0.25, -0.2) is 13.1 Å². The molecule has 1 fully saturated rings. The zero-order valence-electron chi connectivity index (χ0n) is 12.8. The molecule has 1 heterocycles. The molecule has 2 rings (SSSR count). The molecule has 1 aliphatic heterocycles. The van der Waals surface area contributed by atoms with Gasteiger partial charge in [0, 0.05) is 19.6 Å². The fraction of sp³-hybridized carbons (Fsp3) is 0.500. The lowest BCUT2D eigenvalue weighted by molar-refractivity contribution is -0.128. The van der Waals surface area contributed by atoms with E-state index in [1.54, 1.807) is 18.2 Å². The number of hydrogen-bond donors (Lipinski definition) is 3. The van der Waals surface area contributed by atoms with Crippen LogP contribution in [0.4, 0.5) is 0 Å². The monoisotopic (exact) mass is 363 g/mol. The van der Waals surface area contributed by atoms with Crippen molar-refractivity contribution in [1.29, 1.82) is 0 Å². The number of benzene rings is 1. The average Bonchev–Trinajstić information content (AvgIpc) is 2.53. The largest absolute Gasteiger partial charge is 0.375 e. The number of morpholine rings is 1. The van der Waals surface area contributed by atoms with E-state index in [0.29, 0.717) is 13.2 Å². The van der Waals surface area contributed by atoms with E-state index in [2.05, 4.69) is 15.4 Å². The van der Waals surface area contributed by atoms with Gasteiger partial charge in [-0.15, -0.1) is 12.4 Å². The molecule has 3 N–H and O–H groups in total. The Balaban J connectivity index is 0.00000264. The van der Waals surface area contributed by atoms with Gasteiger partial charge in [0.05, 0.1) is 17.6 Å². The highest BCUT2D eigenvalue weighted by atomic mass is 35.5. The summed E-state index contributed by atoms with van der Waals surface area (Å²) in [7, 11) is -3.54. The standard InChI is InChI=1S/C14H21N3O4S.ClH/c1-11-13(15-9-10-21-11)14(18)16-7-8-17-22(19,20)12-5-3-2-4-6-12;/h2-6,11,13,15,17H,7-10H2,1H3,(H,16,18);1H/t11-,13+;/m1./s1. The average molecular weight is 364 g/mol. The molecule has 0 radical (unpaired) electrons. The van der Waals surface area contributed by atoms with E-state index in [9.17, 15) is 13.2 Å². The van der Waals surface area contributed by atoms with Crippen molar-refractivity contribution in [3.05, 3.63) is 30.3 Å². The maximum Gasteiger partial charge on any atom is 0.240 e. The number of nitrogens with one attached hydrogen (secondary N) is 3. The Labute approximate surface area is 142 Å². The SMILES string of the molecule is C[C@H]1OCCN[C@@H]1C(=O)NCCNS(=O)(=O)c1ccccc1.Cl. The van der Waals surface area contributed by atoms with Gasteiger partial charge in [-0.2, -0.15) is 0 Å². The lowest BCUT2D eigenvalue weighted by atomic mass is 10.1. The van der Waals surface area contributed by atoms with Crippen molar-refractivity contribution in [2.24, 2.45) is 0 Å². The van der Waals surface area contributed by atoms with Crippen LogP contribution in [0.25, 0.3) is 0 Å². The van der Waals surface area contributed by atoms with E-state index in [1.807, 2.05) is 6.92 Å². The van der Waals surface area contributed by atoms with Crippen molar-refractivity contribution in [3.63, 3.8) is 0 Å². The van der Waals surface area contributed by atoms with Crippen molar-refractivity contribution < 1.29 is 17.9 Å². The second-order valence-corrected chi connectivity index (χ2v) is 6.78.